The summed E-state index contributed by atoms with van der Waals surface area (Å²) in [5.74, 6) is 0.0430. The van der Waals surface area contributed by atoms with Gasteiger partial charge in [-0.1, -0.05) is 0 Å². The molecular weight excluding hydrogens is 216 g/mol. The van der Waals surface area contributed by atoms with E-state index >= 15 is 0 Å². The summed E-state index contributed by atoms with van der Waals surface area (Å²) in [7, 11) is 1.81. The van der Waals surface area contributed by atoms with Crippen molar-refractivity contribution < 1.29 is 4.79 Å². The summed E-state index contributed by atoms with van der Waals surface area (Å²) in [6.07, 6.45) is 6.04. The van der Waals surface area contributed by atoms with Gasteiger partial charge in [0.15, 0.2) is 0 Å². The van der Waals surface area contributed by atoms with Gasteiger partial charge in [-0.15, -0.1) is 0 Å². The standard InChI is InChI=1S/C12H12N4O/c1-15-6-4-11-10(12(15)17)8-16(14-11)9-3-2-5-13-7-9/h2-3,5,7-8H,4,6H2,1H3. The maximum atomic E-state index is 11.9. The van der Waals surface area contributed by atoms with Crippen molar-refractivity contribution in [2.24, 2.45) is 0 Å². The van der Waals surface area contributed by atoms with Crippen molar-refractivity contribution in [3.05, 3.63) is 42.0 Å². The van der Waals surface area contributed by atoms with Gasteiger partial charge in [-0.3, -0.25) is 9.78 Å². The molecule has 3 rings (SSSR count). The quantitative estimate of drug-likeness (QED) is 0.728. The average molecular weight is 228 g/mol. The molecule has 0 spiro atoms. The van der Waals surface area contributed by atoms with E-state index in [0.29, 0.717) is 5.56 Å². The van der Waals surface area contributed by atoms with Crippen LogP contribution in [-0.2, 0) is 6.42 Å². The van der Waals surface area contributed by atoms with Gasteiger partial charge in [-0.2, -0.15) is 5.10 Å². The maximum absolute atomic E-state index is 11.9. The van der Waals surface area contributed by atoms with E-state index < -0.39 is 0 Å². The Kier molecular flexibility index (Phi) is 2.18. The first-order chi connectivity index (χ1) is 8.25. The van der Waals surface area contributed by atoms with E-state index in [9.17, 15) is 4.79 Å². The predicted octanol–water partition coefficient (Wildman–Crippen LogP) is 0.895. The van der Waals surface area contributed by atoms with Crippen LogP contribution in [0.1, 0.15) is 16.1 Å². The SMILES string of the molecule is CN1CCc2nn(-c3cccnc3)cc2C1=O. The number of hydrogen-bond acceptors (Lipinski definition) is 3. The molecule has 0 N–H and O–H groups in total. The molecule has 0 aromatic carbocycles. The first-order valence-electron chi connectivity index (χ1n) is 5.50. The van der Waals surface area contributed by atoms with Crippen LogP contribution < -0.4 is 0 Å². The van der Waals surface area contributed by atoms with E-state index in [1.807, 2.05) is 19.2 Å². The molecule has 1 aliphatic heterocycles. The molecule has 86 valence electrons. The average Bonchev–Trinajstić information content (AvgIpc) is 2.80. The van der Waals surface area contributed by atoms with Crippen LogP contribution in [0.15, 0.2) is 30.7 Å². The van der Waals surface area contributed by atoms with Crippen molar-refractivity contribution in [2.45, 2.75) is 6.42 Å². The second kappa shape index (κ2) is 3.69. The van der Waals surface area contributed by atoms with Crippen LogP contribution in [0.4, 0.5) is 0 Å². The second-order valence-electron chi connectivity index (χ2n) is 4.12. The zero-order valence-electron chi connectivity index (χ0n) is 9.50. The lowest BCUT2D eigenvalue weighted by molar-refractivity contribution is 0.0780. The number of hydrogen-bond donors (Lipinski definition) is 0. The lowest BCUT2D eigenvalue weighted by Crippen LogP contribution is -2.33. The normalized spacial score (nSPS) is 14.9. The van der Waals surface area contributed by atoms with Crippen LogP contribution in [-0.4, -0.2) is 39.2 Å². The van der Waals surface area contributed by atoms with Gasteiger partial charge in [0.25, 0.3) is 5.91 Å². The number of amides is 1. The molecule has 0 fully saturated rings. The third-order valence-electron chi connectivity index (χ3n) is 2.96. The van der Waals surface area contributed by atoms with E-state index in [1.165, 1.54) is 0 Å². The summed E-state index contributed by atoms with van der Waals surface area (Å²) in [4.78, 5) is 17.7. The lowest BCUT2D eigenvalue weighted by atomic mass is 10.1. The Labute approximate surface area is 98.7 Å². The third-order valence-corrected chi connectivity index (χ3v) is 2.96. The monoisotopic (exact) mass is 228 g/mol. The predicted molar refractivity (Wildman–Crippen MR) is 62.0 cm³/mol. The smallest absolute Gasteiger partial charge is 0.257 e. The van der Waals surface area contributed by atoms with Gasteiger partial charge < -0.3 is 4.90 Å². The van der Waals surface area contributed by atoms with Crippen LogP contribution in [0, 0.1) is 0 Å². The van der Waals surface area contributed by atoms with Gasteiger partial charge in [0.2, 0.25) is 0 Å². The van der Waals surface area contributed by atoms with Crippen molar-refractivity contribution in [2.75, 3.05) is 13.6 Å². The molecular formula is C12H12N4O. The number of rotatable bonds is 1. The van der Waals surface area contributed by atoms with Crippen LogP contribution in [0.3, 0.4) is 0 Å². The van der Waals surface area contributed by atoms with Crippen molar-refractivity contribution in [3.63, 3.8) is 0 Å². The van der Waals surface area contributed by atoms with Gasteiger partial charge in [-0.05, 0) is 12.1 Å². The molecule has 0 unspecified atom stereocenters. The topological polar surface area (TPSA) is 51.0 Å². The molecule has 1 amide bonds. The Balaban J connectivity index is 2.06. The van der Waals surface area contributed by atoms with Gasteiger partial charge in [0.05, 0.1) is 23.1 Å². The van der Waals surface area contributed by atoms with E-state index in [4.69, 9.17) is 0 Å². The zero-order valence-corrected chi connectivity index (χ0v) is 9.50. The second-order valence-corrected chi connectivity index (χ2v) is 4.12. The summed E-state index contributed by atoms with van der Waals surface area (Å²) in [6.45, 7) is 0.732. The highest BCUT2D eigenvalue weighted by Crippen LogP contribution is 2.18. The van der Waals surface area contributed by atoms with Crippen molar-refractivity contribution in [3.8, 4) is 5.69 Å². The summed E-state index contributed by atoms with van der Waals surface area (Å²) >= 11 is 0. The Morgan fingerprint density at radius 3 is 3.06 bits per heavy atom. The van der Waals surface area contributed by atoms with E-state index in [2.05, 4.69) is 10.1 Å². The Morgan fingerprint density at radius 2 is 2.29 bits per heavy atom. The molecule has 5 heteroatoms. The molecule has 17 heavy (non-hydrogen) atoms. The number of aromatic nitrogens is 3. The molecule has 1 aliphatic rings. The number of nitrogens with zero attached hydrogens (tertiary/aromatic N) is 4. The highest BCUT2D eigenvalue weighted by molar-refractivity contribution is 5.96. The molecule has 0 saturated heterocycles. The molecule has 2 aromatic rings. The number of fused-ring (bicyclic) bond motifs is 1. The first kappa shape index (κ1) is 10.0. The minimum Gasteiger partial charge on any atom is -0.341 e. The van der Waals surface area contributed by atoms with Gasteiger partial charge >= 0.3 is 0 Å². The van der Waals surface area contributed by atoms with E-state index in [-0.39, 0.29) is 5.91 Å². The van der Waals surface area contributed by atoms with Crippen molar-refractivity contribution >= 4 is 5.91 Å². The van der Waals surface area contributed by atoms with Gasteiger partial charge in [-0.25, -0.2) is 4.68 Å². The van der Waals surface area contributed by atoms with E-state index in [1.54, 1.807) is 28.2 Å². The zero-order chi connectivity index (χ0) is 11.8. The Morgan fingerprint density at radius 1 is 1.41 bits per heavy atom. The molecule has 0 atom stereocenters. The largest absolute Gasteiger partial charge is 0.341 e. The lowest BCUT2D eigenvalue weighted by Gasteiger charge is -2.20. The van der Waals surface area contributed by atoms with Crippen molar-refractivity contribution in [1.29, 1.82) is 0 Å². The molecule has 5 nitrogen and oxygen atoms in total. The Hall–Kier alpha value is -2.17. The minimum absolute atomic E-state index is 0.0430. The summed E-state index contributed by atoms with van der Waals surface area (Å²) in [5.41, 5.74) is 2.44. The maximum Gasteiger partial charge on any atom is 0.257 e. The highest BCUT2D eigenvalue weighted by atomic mass is 16.2. The highest BCUT2D eigenvalue weighted by Gasteiger charge is 2.24. The van der Waals surface area contributed by atoms with Crippen LogP contribution in [0.5, 0.6) is 0 Å². The molecule has 2 aromatic heterocycles. The van der Waals surface area contributed by atoms with Crippen LogP contribution >= 0.6 is 0 Å². The first-order valence-corrected chi connectivity index (χ1v) is 5.50. The summed E-state index contributed by atoms with van der Waals surface area (Å²) < 4.78 is 1.72. The Bertz CT molecular complexity index is 561. The molecule has 0 aliphatic carbocycles. The summed E-state index contributed by atoms with van der Waals surface area (Å²) in [5, 5.41) is 4.44. The summed E-state index contributed by atoms with van der Waals surface area (Å²) in [6, 6.07) is 3.77. The van der Waals surface area contributed by atoms with Crippen LogP contribution in [0.25, 0.3) is 5.69 Å². The fraction of sp³-hybridized carbons (Fsp3) is 0.250. The minimum atomic E-state index is 0.0430. The number of pyridine rings is 1. The third kappa shape index (κ3) is 1.60. The molecule has 0 bridgehead atoms. The molecule has 3 heterocycles. The molecule has 0 radical (unpaired) electrons. The van der Waals surface area contributed by atoms with E-state index in [0.717, 1.165) is 24.3 Å². The fourth-order valence-corrected chi connectivity index (χ4v) is 1.98. The fourth-order valence-electron chi connectivity index (χ4n) is 1.98. The number of carbonyl (C=O) groups is 1. The van der Waals surface area contributed by atoms with Gasteiger partial charge in [0.1, 0.15) is 0 Å². The number of carbonyl (C=O) groups excluding carboxylic acids is 1. The number of likely N-dealkylation sites (N-methyl/N-ethyl adjacent to an activating group) is 1. The molecule has 0 saturated carbocycles. The van der Waals surface area contributed by atoms with Gasteiger partial charge in [0, 0.05) is 32.4 Å². The van der Waals surface area contributed by atoms with Crippen LogP contribution in [0.2, 0.25) is 0 Å². The van der Waals surface area contributed by atoms with Crippen molar-refractivity contribution in [1.82, 2.24) is 19.7 Å².